The Kier molecular flexibility index (Phi) is 7.01. The van der Waals surface area contributed by atoms with Crippen molar-refractivity contribution in [1.82, 2.24) is 4.90 Å². The molecule has 3 aromatic rings. The second-order valence-corrected chi connectivity index (χ2v) is 8.54. The quantitative estimate of drug-likeness (QED) is 0.370. The number of hydrogen-bond acceptors (Lipinski definition) is 5. The Labute approximate surface area is 201 Å². The van der Waals surface area contributed by atoms with Gasteiger partial charge in [-0.2, -0.15) is 0 Å². The lowest BCUT2D eigenvalue weighted by Crippen LogP contribution is -2.48. The van der Waals surface area contributed by atoms with Crippen molar-refractivity contribution in [2.45, 2.75) is 6.54 Å². The van der Waals surface area contributed by atoms with E-state index in [1.807, 2.05) is 30.3 Å². The smallest absolute Gasteiger partial charge is 0.292 e. The van der Waals surface area contributed by atoms with Crippen LogP contribution in [0.25, 0.3) is 0 Å². The van der Waals surface area contributed by atoms with Crippen molar-refractivity contribution >= 4 is 46.2 Å². The third kappa shape index (κ3) is 5.38. The van der Waals surface area contributed by atoms with Gasteiger partial charge in [0.05, 0.1) is 15.5 Å². The maximum absolute atomic E-state index is 12.9. The summed E-state index contributed by atoms with van der Waals surface area (Å²) in [5, 5.41) is 15.5. The second-order valence-electron chi connectivity index (χ2n) is 7.70. The lowest BCUT2D eigenvalue weighted by Gasteiger charge is -2.36. The lowest BCUT2D eigenvalue weighted by atomic mass is 10.1. The minimum Gasteiger partial charge on any atom is -0.375 e. The van der Waals surface area contributed by atoms with E-state index in [1.165, 1.54) is 6.07 Å². The van der Waals surface area contributed by atoms with E-state index in [0.717, 1.165) is 11.3 Å². The van der Waals surface area contributed by atoms with E-state index >= 15 is 0 Å². The van der Waals surface area contributed by atoms with Gasteiger partial charge >= 0.3 is 0 Å². The normalized spacial score (nSPS) is 13.6. The number of nitrogens with one attached hydrogen (secondary N) is 1. The number of amides is 1. The molecule has 1 aliphatic heterocycles. The molecular weight excluding hydrogens is 463 g/mol. The molecule has 1 heterocycles. The van der Waals surface area contributed by atoms with Crippen molar-refractivity contribution in [2.75, 3.05) is 36.4 Å². The van der Waals surface area contributed by atoms with Gasteiger partial charge in [-0.1, -0.05) is 53.5 Å². The van der Waals surface area contributed by atoms with E-state index in [0.29, 0.717) is 54.0 Å². The van der Waals surface area contributed by atoms with Crippen molar-refractivity contribution in [3.8, 4) is 0 Å². The van der Waals surface area contributed by atoms with Crippen LogP contribution in [-0.4, -0.2) is 41.9 Å². The van der Waals surface area contributed by atoms with E-state index in [2.05, 4.69) is 10.2 Å². The zero-order valence-electron chi connectivity index (χ0n) is 17.7. The molecule has 1 saturated heterocycles. The SMILES string of the molecule is O=C(c1ccc(Cl)cc1Cl)N1CCN(c2ccc([N+](=O)[O-])c(NCc3ccccc3)c2)CC1. The predicted octanol–water partition coefficient (Wildman–Crippen LogP) is 5.48. The van der Waals surface area contributed by atoms with Gasteiger partial charge in [-0.05, 0) is 35.9 Å². The summed E-state index contributed by atoms with van der Waals surface area (Å²) in [4.78, 5) is 27.9. The molecule has 0 aromatic heterocycles. The third-order valence-corrected chi connectivity index (χ3v) is 6.14. The van der Waals surface area contributed by atoms with Gasteiger partial charge in [0.2, 0.25) is 0 Å². The summed E-state index contributed by atoms with van der Waals surface area (Å²) in [6.45, 7) is 2.72. The molecule has 0 aliphatic carbocycles. The van der Waals surface area contributed by atoms with Crippen LogP contribution in [0.2, 0.25) is 10.0 Å². The Hall–Kier alpha value is -3.29. The van der Waals surface area contributed by atoms with Crippen molar-refractivity contribution in [2.24, 2.45) is 0 Å². The number of benzene rings is 3. The van der Waals surface area contributed by atoms with E-state index in [-0.39, 0.29) is 16.5 Å². The van der Waals surface area contributed by atoms with Gasteiger partial charge in [-0.15, -0.1) is 0 Å². The van der Waals surface area contributed by atoms with Gasteiger partial charge in [0.15, 0.2) is 0 Å². The fourth-order valence-electron chi connectivity index (χ4n) is 3.82. The monoisotopic (exact) mass is 484 g/mol. The Bertz CT molecular complexity index is 1170. The molecule has 3 aromatic carbocycles. The van der Waals surface area contributed by atoms with Crippen molar-refractivity contribution in [3.63, 3.8) is 0 Å². The van der Waals surface area contributed by atoms with Crippen molar-refractivity contribution < 1.29 is 9.72 Å². The highest BCUT2D eigenvalue weighted by atomic mass is 35.5. The molecule has 0 saturated carbocycles. The highest BCUT2D eigenvalue weighted by Gasteiger charge is 2.25. The Morgan fingerprint density at radius 3 is 2.36 bits per heavy atom. The van der Waals surface area contributed by atoms with Crippen LogP contribution in [0.15, 0.2) is 66.7 Å². The van der Waals surface area contributed by atoms with Gasteiger partial charge in [-0.3, -0.25) is 14.9 Å². The maximum atomic E-state index is 12.9. The molecule has 0 atom stereocenters. The largest absolute Gasteiger partial charge is 0.375 e. The van der Waals surface area contributed by atoms with Gasteiger partial charge in [0, 0.05) is 49.5 Å². The van der Waals surface area contributed by atoms with Crippen LogP contribution >= 0.6 is 23.2 Å². The molecule has 0 bridgehead atoms. The number of hydrogen-bond donors (Lipinski definition) is 1. The average molecular weight is 485 g/mol. The van der Waals surface area contributed by atoms with Crippen molar-refractivity contribution in [3.05, 3.63) is 98.0 Å². The zero-order valence-corrected chi connectivity index (χ0v) is 19.2. The molecule has 7 nitrogen and oxygen atoms in total. The van der Waals surface area contributed by atoms with Gasteiger partial charge < -0.3 is 15.1 Å². The van der Waals surface area contributed by atoms with Crippen LogP contribution in [0.3, 0.4) is 0 Å². The number of anilines is 2. The zero-order chi connectivity index (χ0) is 23.4. The molecule has 1 aliphatic rings. The topological polar surface area (TPSA) is 78.7 Å². The first-order chi connectivity index (χ1) is 15.9. The molecule has 0 spiro atoms. The molecule has 0 unspecified atom stereocenters. The van der Waals surface area contributed by atoms with Crippen LogP contribution in [0.4, 0.5) is 17.1 Å². The standard InChI is InChI=1S/C24H22Cl2N4O3/c25-18-6-8-20(21(26)14-18)24(31)29-12-10-28(11-13-29)19-7-9-23(30(32)33)22(15-19)27-16-17-4-2-1-3-5-17/h1-9,14-15,27H,10-13,16H2. The third-order valence-electron chi connectivity index (χ3n) is 5.60. The van der Waals surface area contributed by atoms with Crippen LogP contribution in [0.1, 0.15) is 15.9 Å². The van der Waals surface area contributed by atoms with Crippen LogP contribution < -0.4 is 10.2 Å². The van der Waals surface area contributed by atoms with E-state index < -0.39 is 0 Å². The first kappa shape index (κ1) is 22.9. The first-order valence-corrected chi connectivity index (χ1v) is 11.2. The minimum atomic E-state index is -0.385. The number of nitro groups is 1. The second kappa shape index (κ2) is 10.1. The lowest BCUT2D eigenvalue weighted by molar-refractivity contribution is -0.384. The molecule has 9 heteroatoms. The summed E-state index contributed by atoms with van der Waals surface area (Å²) in [6, 6.07) is 19.6. The van der Waals surface area contributed by atoms with E-state index in [4.69, 9.17) is 23.2 Å². The van der Waals surface area contributed by atoms with Crippen LogP contribution in [-0.2, 0) is 6.54 Å². The Morgan fingerprint density at radius 2 is 1.70 bits per heavy atom. The molecule has 170 valence electrons. The number of rotatable bonds is 6. The number of carbonyl (C=O) groups is 1. The predicted molar refractivity (Wildman–Crippen MR) is 131 cm³/mol. The summed E-state index contributed by atoms with van der Waals surface area (Å²) in [5.74, 6) is -0.134. The van der Waals surface area contributed by atoms with Gasteiger partial charge in [0.1, 0.15) is 5.69 Å². The van der Waals surface area contributed by atoms with Gasteiger partial charge in [0.25, 0.3) is 11.6 Å². The minimum absolute atomic E-state index is 0.0286. The molecule has 1 N–H and O–H groups in total. The summed E-state index contributed by atoms with van der Waals surface area (Å²) in [6.07, 6.45) is 0. The first-order valence-electron chi connectivity index (χ1n) is 10.5. The molecule has 1 fully saturated rings. The molecule has 4 rings (SSSR count). The average Bonchev–Trinajstić information content (AvgIpc) is 2.83. The number of piperazine rings is 1. The fraction of sp³-hybridized carbons (Fsp3) is 0.208. The van der Waals surface area contributed by atoms with E-state index in [9.17, 15) is 14.9 Å². The number of nitrogens with zero attached hydrogens (tertiary/aromatic N) is 3. The van der Waals surface area contributed by atoms with Gasteiger partial charge in [-0.25, -0.2) is 0 Å². The number of halogens is 2. The molecule has 33 heavy (non-hydrogen) atoms. The number of carbonyl (C=O) groups excluding carboxylic acids is 1. The van der Waals surface area contributed by atoms with Crippen molar-refractivity contribution in [1.29, 1.82) is 0 Å². The van der Waals surface area contributed by atoms with E-state index in [1.54, 1.807) is 35.2 Å². The van der Waals surface area contributed by atoms with Crippen LogP contribution in [0, 0.1) is 10.1 Å². The molecule has 1 amide bonds. The summed E-state index contributed by atoms with van der Waals surface area (Å²) >= 11 is 12.1. The van der Waals surface area contributed by atoms with Crippen LogP contribution in [0.5, 0.6) is 0 Å². The highest BCUT2D eigenvalue weighted by Crippen LogP contribution is 2.31. The highest BCUT2D eigenvalue weighted by molar-refractivity contribution is 6.36. The summed E-state index contributed by atoms with van der Waals surface area (Å²) in [7, 11) is 0. The summed E-state index contributed by atoms with van der Waals surface area (Å²) < 4.78 is 0. The summed E-state index contributed by atoms with van der Waals surface area (Å²) in [5.41, 5.74) is 2.82. The Morgan fingerprint density at radius 1 is 0.970 bits per heavy atom. The Balaban J connectivity index is 1.45. The molecular formula is C24H22Cl2N4O3. The maximum Gasteiger partial charge on any atom is 0.292 e. The fourth-order valence-corrected chi connectivity index (χ4v) is 4.31. The molecule has 0 radical (unpaired) electrons. The number of nitro benzene ring substituents is 1.